The van der Waals surface area contributed by atoms with E-state index in [1.54, 1.807) is 13.3 Å². The number of hydrogen-bond acceptors (Lipinski definition) is 4. The van der Waals surface area contributed by atoms with Crippen LogP contribution in [0.2, 0.25) is 0 Å². The molecule has 1 heterocycles. The van der Waals surface area contributed by atoms with Crippen LogP contribution in [0.15, 0.2) is 12.3 Å². The summed E-state index contributed by atoms with van der Waals surface area (Å²) in [6.45, 7) is 1.55. The molecule has 0 saturated heterocycles. The van der Waals surface area contributed by atoms with E-state index >= 15 is 0 Å². The first-order valence-electron chi connectivity index (χ1n) is 5.66. The number of carbonyl (C=O) groups excluding carboxylic acids is 1. The Balaban J connectivity index is 2.23. The van der Waals surface area contributed by atoms with Crippen LogP contribution in [0.4, 0.5) is 0 Å². The van der Waals surface area contributed by atoms with Gasteiger partial charge >= 0.3 is 5.97 Å². The van der Waals surface area contributed by atoms with Crippen molar-refractivity contribution in [3.63, 3.8) is 0 Å². The molecule has 1 aromatic heterocycles. The Bertz CT molecular complexity index is 403. The molecule has 0 aliphatic carbocycles. The van der Waals surface area contributed by atoms with E-state index in [9.17, 15) is 9.59 Å². The van der Waals surface area contributed by atoms with Crippen molar-refractivity contribution in [2.24, 2.45) is 0 Å². The Hall–Kier alpha value is -1.89. The van der Waals surface area contributed by atoms with Crippen molar-refractivity contribution >= 4 is 11.9 Å². The van der Waals surface area contributed by atoms with E-state index < -0.39 is 5.97 Å². The van der Waals surface area contributed by atoms with E-state index in [-0.39, 0.29) is 18.0 Å². The maximum atomic E-state index is 11.4. The van der Waals surface area contributed by atoms with E-state index in [0.717, 1.165) is 6.42 Å². The van der Waals surface area contributed by atoms with Crippen molar-refractivity contribution in [2.75, 3.05) is 20.3 Å². The molecule has 0 aliphatic rings. The van der Waals surface area contributed by atoms with Crippen LogP contribution in [0.3, 0.4) is 0 Å². The summed E-state index contributed by atoms with van der Waals surface area (Å²) in [5.41, 5.74) is -0.0181. The lowest BCUT2D eigenvalue weighted by atomic mass is 10.3. The first-order valence-corrected chi connectivity index (χ1v) is 5.66. The van der Waals surface area contributed by atoms with Crippen LogP contribution in [-0.2, 0) is 16.1 Å². The smallest absolute Gasteiger partial charge is 0.356 e. The molecule has 0 bridgehead atoms. The summed E-state index contributed by atoms with van der Waals surface area (Å²) in [4.78, 5) is 22.0. The quantitative estimate of drug-likeness (QED) is 0.644. The van der Waals surface area contributed by atoms with E-state index in [1.165, 1.54) is 10.7 Å². The van der Waals surface area contributed by atoms with Crippen LogP contribution >= 0.6 is 0 Å². The van der Waals surface area contributed by atoms with Crippen molar-refractivity contribution in [1.29, 1.82) is 0 Å². The highest BCUT2D eigenvalue weighted by atomic mass is 16.5. The molecule has 1 amide bonds. The Morgan fingerprint density at radius 3 is 2.94 bits per heavy atom. The third-order valence-electron chi connectivity index (χ3n) is 2.28. The fraction of sp³-hybridized carbons (Fsp3) is 0.545. The zero-order valence-corrected chi connectivity index (χ0v) is 10.3. The number of methoxy groups -OCH3 is 1. The molecule has 7 heteroatoms. The summed E-state index contributed by atoms with van der Waals surface area (Å²) < 4.78 is 6.30. The SMILES string of the molecule is COCCCNC(=O)CCn1ccc(C(=O)O)n1. The third kappa shape index (κ3) is 4.96. The number of aryl methyl sites for hydroxylation is 1. The molecule has 0 radical (unpaired) electrons. The molecule has 1 rings (SSSR count). The molecule has 0 spiro atoms. The van der Waals surface area contributed by atoms with E-state index in [2.05, 4.69) is 10.4 Å². The Morgan fingerprint density at radius 2 is 2.33 bits per heavy atom. The highest BCUT2D eigenvalue weighted by Crippen LogP contribution is 1.97. The summed E-state index contributed by atoms with van der Waals surface area (Å²) >= 11 is 0. The summed E-state index contributed by atoms with van der Waals surface area (Å²) in [5.74, 6) is -1.16. The average Bonchev–Trinajstić information content (AvgIpc) is 2.81. The predicted octanol–water partition coefficient (Wildman–Crippen LogP) is 0.124. The van der Waals surface area contributed by atoms with E-state index in [1.807, 2.05) is 0 Å². The molecule has 7 nitrogen and oxygen atoms in total. The van der Waals surface area contributed by atoms with Crippen LogP contribution in [0.5, 0.6) is 0 Å². The van der Waals surface area contributed by atoms with Crippen molar-refractivity contribution in [1.82, 2.24) is 15.1 Å². The molecule has 100 valence electrons. The molecule has 0 saturated carbocycles. The van der Waals surface area contributed by atoms with Gasteiger partial charge in [0.2, 0.25) is 5.91 Å². The minimum absolute atomic E-state index is 0.0181. The van der Waals surface area contributed by atoms with Crippen LogP contribution in [0.1, 0.15) is 23.3 Å². The minimum atomic E-state index is -1.07. The summed E-state index contributed by atoms with van der Waals surface area (Å²) in [5, 5.41) is 15.2. The number of amides is 1. The van der Waals surface area contributed by atoms with E-state index in [0.29, 0.717) is 19.7 Å². The Morgan fingerprint density at radius 1 is 1.56 bits per heavy atom. The van der Waals surface area contributed by atoms with Gasteiger partial charge in [0.25, 0.3) is 0 Å². The molecule has 0 unspecified atom stereocenters. The van der Waals surface area contributed by atoms with Crippen molar-refractivity contribution < 1.29 is 19.4 Å². The molecular weight excluding hydrogens is 238 g/mol. The lowest BCUT2D eigenvalue weighted by molar-refractivity contribution is -0.121. The van der Waals surface area contributed by atoms with Gasteiger partial charge in [0, 0.05) is 39.4 Å². The maximum Gasteiger partial charge on any atom is 0.356 e. The second kappa shape index (κ2) is 7.44. The molecule has 18 heavy (non-hydrogen) atoms. The number of ether oxygens (including phenoxy) is 1. The number of rotatable bonds is 8. The highest BCUT2D eigenvalue weighted by molar-refractivity contribution is 5.85. The number of nitrogens with zero attached hydrogens (tertiary/aromatic N) is 2. The van der Waals surface area contributed by atoms with Gasteiger partial charge in [0.15, 0.2) is 5.69 Å². The molecule has 2 N–H and O–H groups in total. The number of aromatic nitrogens is 2. The number of aromatic carboxylic acids is 1. The van der Waals surface area contributed by atoms with Gasteiger partial charge in [0.1, 0.15) is 0 Å². The zero-order chi connectivity index (χ0) is 13.4. The Kier molecular flexibility index (Phi) is 5.86. The maximum absolute atomic E-state index is 11.4. The molecule has 0 atom stereocenters. The van der Waals surface area contributed by atoms with Gasteiger partial charge in [-0.1, -0.05) is 0 Å². The van der Waals surface area contributed by atoms with Gasteiger partial charge in [0.05, 0.1) is 0 Å². The fourth-order valence-electron chi connectivity index (χ4n) is 1.35. The van der Waals surface area contributed by atoms with Crippen molar-refractivity contribution in [2.45, 2.75) is 19.4 Å². The summed E-state index contributed by atoms with van der Waals surface area (Å²) in [6.07, 6.45) is 2.59. The first kappa shape index (κ1) is 14.2. The van der Waals surface area contributed by atoms with Crippen molar-refractivity contribution in [3.8, 4) is 0 Å². The van der Waals surface area contributed by atoms with Gasteiger partial charge in [-0.25, -0.2) is 4.79 Å². The molecular formula is C11H17N3O4. The van der Waals surface area contributed by atoms with Crippen LogP contribution < -0.4 is 5.32 Å². The molecule has 0 aromatic carbocycles. The number of nitrogens with one attached hydrogen (secondary N) is 1. The third-order valence-corrected chi connectivity index (χ3v) is 2.28. The number of carboxylic acids is 1. The topological polar surface area (TPSA) is 93.5 Å². The zero-order valence-electron chi connectivity index (χ0n) is 10.3. The first-order chi connectivity index (χ1) is 8.63. The second-order valence-electron chi connectivity index (χ2n) is 3.72. The normalized spacial score (nSPS) is 10.3. The van der Waals surface area contributed by atoms with Gasteiger partial charge in [-0.2, -0.15) is 5.10 Å². The largest absolute Gasteiger partial charge is 0.476 e. The van der Waals surface area contributed by atoms with Gasteiger partial charge in [-0.3, -0.25) is 9.48 Å². The fourth-order valence-corrected chi connectivity index (χ4v) is 1.35. The Labute approximate surface area is 105 Å². The summed E-state index contributed by atoms with van der Waals surface area (Å²) in [6, 6.07) is 1.40. The molecule has 1 aromatic rings. The highest BCUT2D eigenvalue weighted by Gasteiger charge is 2.07. The predicted molar refractivity (Wildman–Crippen MR) is 63.3 cm³/mol. The van der Waals surface area contributed by atoms with Crippen molar-refractivity contribution in [3.05, 3.63) is 18.0 Å². The number of hydrogen-bond donors (Lipinski definition) is 2. The lowest BCUT2D eigenvalue weighted by Gasteiger charge is -2.04. The number of carboxylic acid groups (broad SMARTS) is 1. The summed E-state index contributed by atoms with van der Waals surface area (Å²) in [7, 11) is 1.61. The van der Waals surface area contributed by atoms with Gasteiger partial charge < -0.3 is 15.2 Å². The standard InChI is InChI=1S/C11H17N3O4/c1-18-8-2-5-12-10(15)4-7-14-6-3-9(13-14)11(16)17/h3,6H,2,4-5,7-8H2,1H3,(H,12,15)(H,16,17). The monoisotopic (exact) mass is 255 g/mol. The molecule has 0 aliphatic heterocycles. The number of carbonyl (C=O) groups is 2. The van der Waals surface area contributed by atoms with Crippen LogP contribution in [-0.4, -0.2) is 47.0 Å². The van der Waals surface area contributed by atoms with Crippen LogP contribution in [0, 0.1) is 0 Å². The van der Waals surface area contributed by atoms with Gasteiger partial charge in [-0.15, -0.1) is 0 Å². The minimum Gasteiger partial charge on any atom is -0.476 e. The lowest BCUT2D eigenvalue weighted by Crippen LogP contribution is -2.26. The van der Waals surface area contributed by atoms with Gasteiger partial charge in [-0.05, 0) is 12.5 Å². The molecule has 0 fully saturated rings. The second-order valence-corrected chi connectivity index (χ2v) is 3.72. The van der Waals surface area contributed by atoms with Crippen LogP contribution in [0.25, 0.3) is 0 Å². The average molecular weight is 255 g/mol. The van der Waals surface area contributed by atoms with E-state index in [4.69, 9.17) is 9.84 Å².